The second-order valence-electron chi connectivity index (χ2n) is 6.32. The first-order valence-electron chi connectivity index (χ1n) is 8.76. The Bertz CT molecular complexity index is 1100. The van der Waals surface area contributed by atoms with E-state index in [0.29, 0.717) is 23.5 Å². The summed E-state index contributed by atoms with van der Waals surface area (Å²) in [6.07, 6.45) is 0.640. The third-order valence-electron chi connectivity index (χ3n) is 3.99. The summed E-state index contributed by atoms with van der Waals surface area (Å²) in [4.78, 5) is 11.1. The second kappa shape index (κ2) is 7.85. The highest BCUT2D eigenvalue weighted by atomic mass is 32.2. The zero-order valence-electron chi connectivity index (χ0n) is 15.8. The van der Waals surface area contributed by atoms with Crippen molar-refractivity contribution in [2.75, 3.05) is 5.32 Å². The van der Waals surface area contributed by atoms with E-state index in [9.17, 15) is 13.2 Å². The first-order chi connectivity index (χ1) is 13.3. The highest BCUT2D eigenvalue weighted by Gasteiger charge is 2.21. The van der Waals surface area contributed by atoms with Crippen molar-refractivity contribution in [1.29, 1.82) is 0 Å². The molecule has 0 atom stereocenters. The van der Waals surface area contributed by atoms with Crippen LogP contribution in [0.1, 0.15) is 25.1 Å². The van der Waals surface area contributed by atoms with Gasteiger partial charge in [0.05, 0.1) is 11.4 Å². The van der Waals surface area contributed by atoms with Gasteiger partial charge in [0.2, 0.25) is 11.8 Å². The van der Waals surface area contributed by atoms with Crippen LogP contribution in [-0.2, 0) is 21.3 Å². The quantitative estimate of drug-likeness (QED) is 0.641. The first-order valence-corrected chi connectivity index (χ1v) is 10.2. The van der Waals surface area contributed by atoms with Gasteiger partial charge >= 0.3 is 10.1 Å². The van der Waals surface area contributed by atoms with E-state index in [-0.39, 0.29) is 16.7 Å². The predicted octanol–water partition coefficient (Wildman–Crippen LogP) is 3.47. The van der Waals surface area contributed by atoms with Crippen LogP contribution in [0.25, 0.3) is 5.69 Å². The topological polar surface area (TPSA) is 90.3 Å². The number of carbonyl (C=O) groups excluding carboxylic acids is 1. The molecule has 0 unspecified atom stereocenters. The number of hydrogen-bond acceptors (Lipinski definition) is 5. The molecule has 7 nitrogen and oxygen atoms in total. The molecule has 28 heavy (non-hydrogen) atoms. The molecule has 3 rings (SSSR count). The fraction of sp³-hybridized carbons (Fsp3) is 0.200. The van der Waals surface area contributed by atoms with Crippen LogP contribution in [0.5, 0.6) is 5.88 Å². The minimum Gasteiger partial charge on any atom is -0.358 e. The standard InChI is InChI=1S/C20H21N3O4S/c1-4-16-13-20(23(22-16)18-7-5-6-14(2)12-18)27-28(25,26)19-10-8-17(9-11-19)21-15(3)24/h5-13H,4H2,1-3H3,(H,21,24). The van der Waals surface area contributed by atoms with Crippen LogP contribution in [0.15, 0.2) is 59.5 Å². The van der Waals surface area contributed by atoms with E-state index in [0.717, 1.165) is 5.56 Å². The van der Waals surface area contributed by atoms with E-state index in [1.54, 1.807) is 6.07 Å². The molecule has 1 aromatic heterocycles. The van der Waals surface area contributed by atoms with Gasteiger partial charge in [0.15, 0.2) is 0 Å². The second-order valence-corrected chi connectivity index (χ2v) is 7.87. The number of rotatable bonds is 6. The molecule has 2 aromatic carbocycles. The van der Waals surface area contributed by atoms with Gasteiger partial charge in [-0.3, -0.25) is 4.79 Å². The molecule has 0 saturated heterocycles. The fourth-order valence-corrected chi connectivity index (χ4v) is 3.56. The number of amides is 1. The van der Waals surface area contributed by atoms with Crippen molar-refractivity contribution in [3.05, 3.63) is 65.9 Å². The van der Waals surface area contributed by atoms with Crippen molar-refractivity contribution in [1.82, 2.24) is 9.78 Å². The normalized spacial score (nSPS) is 11.2. The highest BCUT2D eigenvalue weighted by molar-refractivity contribution is 7.87. The van der Waals surface area contributed by atoms with Crippen LogP contribution >= 0.6 is 0 Å². The molecule has 1 amide bonds. The molecular weight excluding hydrogens is 378 g/mol. The number of carbonyl (C=O) groups is 1. The Labute approximate surface area is 164 Å². The van der Waals surface area contributed by atoms with Crippen molar-refractivity contribution in [2.45, 2.75) is 32.1 Å². The summed E-state index contributed by atoms with van der Waals surface area (Å²) in [6.45, 7) is 5.26. The molecule has 0 bridgehead atoms. The largest absolute Gasteiger partial charge is 0.358 e. The maximum atomic E-state index is 12.7. The summed E-state index contributed by atoms with van der Waals surface area (Å²) >= 11 is 0. The van der Waals surface area contributed by atoms with Crippen molar-refractivity contribution in [3.63, 3.8) is 0 Å². The smallest absolute Gasteiger partial charge is 0.340 e. The Morgan fingerprint density at radius 2 is 1.86 bits per heavy atom. The third kappa shape index (κ3) is 4.40. The van der Waals surface area contributed by atoms with Crippen molar-refractivity contribution in [2.24, 2.45) is 0 Å². The molecule has 146 valence electrons. The molecular formula is C20H21N3O4S. The summed E-state index contributed by atoms with van der Waals surface area (Å²) < 4.78 is 32.3. The zero-order chi connectivity index (χ0) is 20.3. The van der Waals surface area contributed by atoms with E-state index in [1.807, 2.05) is 38.1 Å². The molecule has 1 heterocycles. The molecule has 8 heteroatoms. The number of aryl methyl sites for hydroxylation is 2. The number of aromatic nitrogens is 2. The average Bonchev–Trinajstić information content (AvgIpc) is 3.04. The number of anilines is 1. The zero-order valence-corrected chi connectivity index (χ0v) is 16.7. The Morgan fingerprint density at radius 1 is 1.14 bits per heavy atom. The van der Waals surface area contributed by atoms with Crippen molar-refractivity contribution in [3.8, 4) is 11.6 Å². The molecule has 0 spiro atoms. The summed E-state index contributed by atoms with van der Waals surface area (Å²) in [5.74, 6) is -0.116. The van der Waals surface area contributed by atoms with E-state index in [4.69, 9.17) is 4.18 Å². The molecule has 0 aliphatic carbocycles. The lowest BCUT2D eigenvalue weighted by molar-refractivity contribution is -0.114. The van der Waals surface area contributed by atoms with Crippen LogP contribution in [0.3, 0.4) is 0 Å². The maximum Gasteiger partial charge on any atom is 0.340 e. The van der Waals surface area contributed by atoms with Gasteiger partial charge in [-0.2, -0.15) is 18.2 Å². The summed E-state index contributed by atoms with van der Waals surface area (Å²) in [5.41, 5.74) is 2.96. The van der Waals surface area contributed by atoms with Crippen LogP contribution < -0.4 is 9.50 Å². The molecule has 0 fully saturated rings. The van der Waals surface area contributed by atoms with Crippen LogP contribution in [0.2, 0.25) is 0 Å². The van der Waals surface area contributed by atoms with Gasteiger partial charge in [0.25, 0.3) is 0 Å². The van der Waals surface area contributed by atoms with Gasteiger partial charge in [-0.15, -0.1) is 0 Å². The van der Waals surface area contributed by atoms with Gasteiger partial charge < -0.3 is 9.50 Å². The number of benzene rings is 2. The third-order valence-corrected chi connectivity index (χ3v) is 5.23. The van der Waals surface area contributed by atoms with Crippen molar-refractivity contribution < 1.29 is 17.4 Å². The SMILES string of the molecule is CCc1cc(OS(=O)(=O)c2ccc(NC(C)=O)cc2)n(-c2cccc(C)c2)n1. The van der Waals surface area contributed by atoms with Crippen LogP contribution in [0.4, 0.5) is 5.69 Å². The van der Waals surface area contributed by atoms with Gasteiger partial charge in [-0.05, 0) is 55.3 Å². The molecule has 0 aliphatic rings. The Hall–Kier alpha value is -3.13. The van der Waals surface area contributed by atoms with E-state index < -0.39 is 10.1 Å². The lowest BCUT2D eigenvalue weighted by Gasteiger charge is -2.10. The average molecular weight is 399 g/mol. The van der Waals surface area contributed by atoms with Gasteiger partial charge in [0.1, 0.15) is 4.90 Å². The Morgan fingerprint density at radius 3 is 2.46 bits per heavy atom. The summed E-state index contributed by atoms with van der Waals surface area (Å²) in [5, 5.41) is 7.04. The number of nitrogens with zero attached hydrogens (tertiary/aromatic N) is 2. The summed E-state index contributed by atoms with van der Waals surface area (Å²) in [7, 11) is -4.07. The van der Waals surface area contributed by atoms with Gasteiger partial charge in [-0.25, -0.2) is 0 Å². The molecule has 0 radical (unpaired) electrons. The minimum absolute atomic E-state index is 0.0170. The fourth-order valence-electron chi connectivity index (χ4n) is 2.66. The van der Waals surface area contributed by atoms with E-state index in [1.165, 1.54) is 35.9 Å². The first kappa shape index (κ1) is 19.6. The Balaban J connectivity index is 1.94. The molecule has 3 aromatic rings. The lowest BCUT2D eigenvalue weighted by Crippen LogP contribution is -2.13. The predicted molar refractivity (Wildman–Crippen MR) is 106 cm³/mol. The molecule has 0 saturated carbocycles. The molecule has 1 N–H and O–H groups in total. The highest BCUT2D eigenvalue weighted by Crippen LogP contribution is 2.25. The molecule has 0 aliphatic heterocycles. The van der Waals surface area contributed by atoms with E-state index >= 15 is 0 Å². The minimum atomic E-state index is -4.07. The van der Waals surface area contributed by atoms with Gasteiger partial charge in [-0.1, -0.05) is 19.1 Å². The number of nitrogens with one attached hydrogen (secondary N) is 1. The van der Waals surface area contributed by atoms with E-state index in [2.05, 4.69) is 10.4 Å². The maximum absolute atomic E-state index is 12.7. The van der Waals surface area contributed by atoms with Crippen molar-refractivity contribution >= 4 is 21.7 Å². The van der Waals surface area contributed by atoms with Crippen LogP contribution in [-0.4, -0.2) is 24.1 Å². The summed E-state index contributed by atoms with van der Waals surface area (Å²) in [6, 6.07) is 14.9. The van der Waals surface area contributed by atoms with Crippen LogP contribution in [0, 0.1) is 6.92 Å². The number of hydrogen-bond donors (Lipinski definition) is 1. The lowest BCUT2D eigenvalue weighted by atomic mass is 10.2. The monoisotopic (exact) mass is 399 g/mol. The Kier molecular flexibility index (Phi) is 5.51. The van der Waals surface area contributed by atoms with Gasteiger partial charge in [0, 0.05) is 18.7 Å².